The summed E-state index contributed by atoms with van der Waals surface area (Å²) in [4.78, 5) is 0. The van der Waals surface area contributed by atoms with E-state index in [1.807, 2.05) is 0 Å². The van der Waals surface area contributed by atoms with Crippen molar-refractivity contribution >= 4 is 0 Å². The van der Waals surface area contributed by atoms with E-state index in [2.05, 4.69) is 26.1 Å². The molecule has 0 aliphatic heterocycles. The van der Waals surface area contributed by atoms with Crippen molar-refractivity contribution in [2.75, 3.05) is 19.7 Å². The fraction of sp³-hybridized carbons (Fsp3) is 1.00. The first kappa shape index (κ1) is 18.9. The van der Waals surface area contributed by atoms with E-state index in [0.717, 1.165) is 13.2 Å². The summed E-state index contributed by atoms with van der Waals surface area (Å²) >= 11 is 0. The normalized spacial score (nSPS) is 11.4. The molecule has 0 aliphatic carbocycles. The fourth-order valence-electron chi connectivity index (χ4n) is 2.18. The highest BCUT2D eigenvalue weighted by Gasteiger charge is 1.94. The van der Waals surface area contributed by atoms with Crippen LogP contribution in [0, 0.1) is 0 Å². The smallest absolute Gasteiger partial charge is 0.0518 e. The Bertz CT molecular complexity index is 159. The fourth-order valence-corrected chi connectivity index (χ4v) is 2.18. The van der Waals surface area contributed by atoms with E-state index < -0.39 is 0 Å². The number of hydrogen-bond donors (Lipinski definition) is 1. The van der Waals surface area contributed by atoms with Crippen LogP contribution < -0.4 is 5.32 Å². The van der Waals surface area contributed by atoms with Crippen molar-refractivity contribution in [1.82, 2.24) is 5.32 Å². The molecule has 0 rings (SSSR count). The highest BCUT2D eigenvalue weighted by Crippen LogP contribution is 2.07. The standard InChI is InChI=1S/C17H37NO/c1-4-5-6-7-8-9-10-11-14-18-15-12-13-16-19-17(2)3/h17-18H,4-16H2,1-3H3. The van der Waals surface area contributed by atoms with E-state index >= 15 is 0 Å². The zero-order valence-corrected chi connectivity index (χ0v) is 13.7. The molecule has 2 heteroatoms. The van der Waals surface area contributed by atoms with Crippen LogP contribution in [0.1, 0.15) is 85.0 Å². The lowest BCUT2D eigenvalue weighted by atomic mass is 10.1. The molecule has 0 aliphatic rings. The highest BCUT2D eigenvalue weighted by atomic mass is 16.5. The SMILES string of the molecule is CCCCCCCCCCNCCCCOC(C)C. The highest BCUT2D eigenvalue weighted by molar-refractivity contribution is 4.51. The number of unbranched alkanes of at least 4 members (excludes halogenated alkanes) is 8. The number of rotatable bonds is 15. The second kappa shape index (κ2) is 16.0. The molecule has 0 amide bonds. The summed E-state index contributed by atoms with van der Waals surface area (Å²) in [5, 5.41) is 3.53. The molecule has 0 fully saturated rings. The summed E-state index contributed by atoms with van der Waals surface area (Å²) in [6, 6.07) is 0. The first-order valence-corrected chi connectivity index (χ1v) is 8.59. The Labute approximate surface area is 121 Å². The van der Waals surface area contributed by atoms with Crippen molar-refractivity contribution in [3.63, 3.8) is 0 Å². The van der Waals surface area contributed by atoms with Gasteiger partial charge in [-0.25, -0.2) is 0 Å². The van der Waals surface area contributed by atoms with Crippen molar-refractivity contribution in [2.45, 2.75) is 91.1 Å². The average molecular weight is 271 g/mol. The lowest BCUT2D eigenvalue weighted by molar-refractivity contribution is 0.0760. The Morgan fingerprint density at radius 1 is 0.737 bits per heavy atom. The minimum atomic E-state index is 0.380. The van der Waals surface area contributed by atoms with E-state index in [0.29, 0.717) is 6.10 Å². The van der Waals surface area contributed by atoms with Crippen LogP contribution in [0.15, 0.2) is 0 Å². The van der Waals surface area contributed by atoms with Crippen LogP contribution in [0.2, 0.25) is 0 Å². The summed E-state index contributed by atoms with van der Waals surface area (Å²) < 4.78 is 5.51. The molecule has 2 nitrogen and oxygen atoms in total. The molecule has 0 atom stereocenters. The van der Waals surface area contributed by atoms with Gasteiger partial charge in [0.05, 0.1) is 6.10 Å². The predicted octanol–water partition coefficient (Wildman–Crippen LogP) is 4.92. The van der Waals surface area contributed by atoms with E-state index in [9.17, 15) is 0 Å². The third kappa shape index (κ3) is 17.9. The van der Waals surface area contributed by atoms with Crippen molar-refractivity contribution < 1.29 is 4.74 Å². The van der Waals surface area contributed by atoms with Gasteiger partial charge >= 0.3 is 0 Å². The molecule has 19 heavy (non-hydrogen) atoms. The third-order valence-electron chi connectivity index (χ3n) is 3.41. The summed E-state index contributed by atoms with van der Waals surface area (Å²) in [6.45, 7) is 9.73. The first-order chi connectivity index (χ1) is 9.27. The topological polar surface area (TPSA) is 21.3 Å². The van der Waals surface area contributed by atoms with Crippen LogP contribution in [0.25, 0.3) is 0 Å². The second-order valence-electron chi connectivity index (χ2n) is 5.85. The number of ether oxygens (including phenoxy) is 1. The molecule has 0 aromatic carbocycles. The summed E-state index contributed by atoms with van der Waals surface area (Å²) in [6.07, 6.45) is 14.1. The first-order valence-electron chi connectivity index (χ1n) is 8.59. The van der Waals surface area contributed by atoms with Gasteiger partial charge in [0.15, 0.2) is 0 Å². The lowest BCUT2D eigenvalue weighted by Gasteiger charge is -2.07. The molecule has 0 aromatic rings. The van der Waals surface area contributed by atoms with Gasteiger partial charge < -0.3 is 10.1 Å². The molecular weight excluding hydrogens is 234 g/mol. The average Bonchev–Trinajstić information content (AvgIpc) is 2.39. The minimum Gasteiger partial charge on any atom is -0.379 e. The summed E-state index contributed by atoms with van der Waals surface area (Å²) in [7, 11) is 0. The van der Waals surface area contributed by atoms with Gasteiger partial charge in [-0.2, -0.15) is 0 Å². The van der Waals surface area contributed by atoms with Gasteiger partial charge in [-0.1, -0.05) is 51.9 Å². The van der Waals surface area contributed by atoms with Gasteiger partial charge in [0.25, 0.3) is 0 Å². The maximum Gasteiger partial charge on any atom is 0.0518 e. The molecular formula is C17H37NO. The zero-order valence-electron chi connectivity index (χ0n) is 13.7. The van der Waals surface area contributed by atoms with E-state index in [-0.39, 0.29) is 0 Å². The van der Waals surface area contributed by atoms with Gasteiger partial charge in [0.2, 0.25) is 0 Å². The van der Waals surface area contributed by atoms with Crippen LogP contribution in [0.5, 0.6) is 0 Å². The van der Waals surface area contributed by atoms with E-state index in [1.54, 1.807) is 0 Å². The molecule has 116 valence electrons. The molecule has 0 radical (unpaired) electrons. The van der Waals surface area contributed by atoms with Crippen molar-refractivity contribution in [3.05, 3.63) is 0 Å². The summed E-state index contributed by atoms with van der Waals surface area (Å²) in [5.41, 5.74) is 0. The van der Waals surface area contributed by atoms with E-state index in [4.69, 9.17) is 4.74 Å². The van der Waals surface area contributed by atoms with Crippen LogP contribution in [-0.4, -0.2) is 25.8 Å². The van der Waals surface area contributed by atoms with Crippen LogP contribution >= 0.6 is 0 Å². The molecule has 0 saturated heterocycles. The third-order valence-corrected chi connectivity index (χ3v) is 3.41. The van der Waals surface area contributed by atoms with Crippen LogP contribution in [0.4, 0.5) is 0 Å². The number of hydrogen-bond acceptors (Lipinski definition) is 2. The molecule has 0 bridgehead atoms. The Hall–Kier alpha value is -0.0800. The monoisotopic (exact) mass is 271 g/mol. The van der Waals surface area contributed by atoms with Crippen molar-refractivity contribution in [1.29, 1.82) is 0 Å². The van der Waals surface area contributed by atoms with Crippen LogP contribution in [-0.2, 0) is 4.74 Å². The van der Waals surface area contributed by atoms with Crippen molar-refractivity contribution in [3.8, 4) is 0 Å². The lowest BCUT2D eigenvalue weighted by Crippen LogP contribution is -2.17. The van der Waals surface area contributed by atoms with Gasteiger partial charge in [0, 0.05) is 6.61 Å². The molecule has 0 aromatic heterocycles. The van der Waals surface area contributed by atoms with Crippen molar-refractivity contribution in [2.24, 2.45) is 0 Å². The molecule has 0 saturated carbocycles. The second-order valence-corrected chi connectivity index (χ2v) is 5.85. The zero-order chi connectivity index (χ0) is 14.2. The van der Waals surface area contributed by atoms with Crippen LogP contribution in [0.3, 0.4) is 0 Å². The number of nitrogens with one attached hydrogen (secondary N) is 1. The molecule has 0 unspecified atom stereocenters. The van der Waals surface area contributed by atoms with Gasteiger partial charge in [0.1, 0.15) is 0 Å². The predicted molar refractivity (Wildman–Crippen MR) is 85.8 cm³/mol. The Kier molecular flexibility index (Phi) is 15.9. The van der Waals surface area contributed by atoms with Gasteiger partial charge in [-0.15, -0.1) is 0 Å². The van der Waals surface area contributed by atoms with Gasteiger partial charge in [-0.3, -0.25) is 0 Å². The Morgan fingerprint density at radius 2 is 1.26 bits per heavy atom. The molecule has 0 spiro atoms. The Balaban J connectivity index is 2.91. The largest absolute Gasteiger partial charge is 0.379 e. The minimum absolute atomic E-state index is 0.380. The summed E-state index contributed by atoms with van der Waals surface area (Å²) in [5.74, 6) is 0. The quantitative estimate of drug-likeness (QED) is 0.427. The van der Waals surface area contributed by atoms with Gasteiger partial charge in [-0.05, 0) is 46.2 Å². The molecule has 1 N–H and O–H groups in total. The maximum absolute atomic E-state index is 5.51. The maximum atomic E-state index is 5.51. The Morgan fingerprint density at radius 3 is 1.84 bits per heavy atom. The van der Waals surface area contributed by atoms with E-state index in [1.165, 1.54) is 70.8 Å². The molecule has 0 heterocycles.